The second-order valence-electron chi connectivity index (χ2n) is 8.01. The lowest BCUT2D eigenvalue weighted by Crippen LogP contribution is -2.33. The number of nitrogens with zero attached hydrogens (tertiary/aromatic N) is 2. The third-order valence-electron chi connectivity index (χ3n) is 5.89. The van der Waals surface area contributed by atoms with Crippen molar-refractivity contribution in [3.05, 3.63) is 76.7 Å². The summed E-state index contributed by atoms with van der Waals surface area (Å²) in [7, 11) is 0. The predicted molar refractivity (Wildman–Crippen MR) is 108 cm³/mol. The van der Waals surface area contributed by atoms with Gasteiger partial charge in [0.05, 0.1) is 5.69 Å². The minimum absolute atomic E-state index is 0.0669. The third-order valence-corrected chi connectivity index (χ3v) is 5.89. The van der Waals surface area contributed by atoms with E-state index in [0.717, 1.165) is 23.2 Å². The van der Waals surface area contributed by atoms with Crippen molar-refractivity contribution in [3.8, 4) is 11.3 Å². The number of H-pyrrole nitrogens is 1. The Morgan fingerprint density at radius 3 is 2.71 bits per heavy atom. The van der Waals surface area contributed by atoms with Gasteiger partial charge in [-0.25, -0.2) is 4.39 Å². The second-order valence-corrected chi connectivity index (χ2v) is 8.01. The third kappa shape index (κ3) is 3.33. The summed E-state index contributed by atoms with van der Waals surface area (Å²) < 4.78 is 13.6. The minimum Gasteiger partial charge on any atom is -0.336 e. The van der Waals surface area contributed by atoms with Gasteiger partial charge in [0.25, 0.3) is 5.91 Å². The van der Waals surface area contributed by atoms with Crippen LogP contribution >= 0.6 is 0 Å². The normalized spacial score (nSPS) is 19.2. The average Bonchev–Trinajstić information content (AvgIpc) is 3.32. The first-order valence-electron chi connectivity index (χ1n) is 9.54. The zero-order valence-corrected chi connectivity index (χ0v) is 16.4. The van der Waals surface area contributed by atoms with Gasteiger partial charge in [-0.05, 0) is 61.2 Å². The fourth-order valence-corrected chi connectivity index (χ4v) is 3.88. The molecule has 1 atom stereocenters. The fraction of sp³-hybridized carbons (Fsp3) is 0.304. The lowest BCUT2D eigenvalue weighted by atomic mass is 9.82. The Kier molecular flexibility index (Phi) is 4.53. The number of hydrogen-bond donors (Lipinski definition) is 1. The number of halogens is 1. The number of nitrogens with one attached hydrogen (secondary N) is 1. The molecule has 144 valence electrons. The summed E-state index contributed by atoms with van der Waals surface area (Å²) in [6.45, 7) is 7.43. The molecule has 0 saturated carbocycles. The monoisotopic (exact) mass is 377 g/mol. The van der Waals surface area contributed by atoms with Gasteiger partial charge in [-0.1, -0.05) is 31.2 Å². The zero-order valence-electron chi connectivity index (χ0n) is 16.4. The summed E-state index contributed by atoms with van der Waals surface area (Å²) in [6, 6.07) is 14.7. The molecule has 3 aromatic rings. The number of aryl methyl sites for hydroxylation is 2. The van der Waals surface area contributed by atoms with Gasteiger partial charge >= 0.3 is 0 Å². The van der Waals surface area contributed by atoms with E-state index in [9.17, 15) is 9.18 Å². The maximum absolute atomic E-state index is 13.6. The Hall–Kier alpha value is -2.95. The Bertz CT molecular complexity index is 1040. The summed E-state index contributed by atoms with van der Waals surface area (Å²) in [5.74, 6) is -0.308. The predicted octanol–water partition coefficient (Wildman–Crippen LogP) is 4.64. The molecule has 0 spiro atoms. The lowest BCUT2D eigenvalue weighted by Gasteiger charge is -2.25. The molecule has 1 N–H and O–H groups in total. The van der Waals surface area contributed by atoms with Crippen LogP contribution in [0.25, 0.3) is 11.3 Å². The van der Waals surface area contributed by atoms with Crippen molar-refractivity contribution in [1.29, 1.82) is 0 Å². The number of aromatic amines is 1. The molecule has 1 aliphatic heterocycles. The van der Waals surface area contributed by atoms with Crippen molar-refractivity contribution in [3.63, 3.8) is 0 Å². The van der Waals surface area contributed by atoms with Crippen LogP contribution in [0.2, 0.25) is 0 Å². The number of likely N-dealkylation sites (tertiary alicyclic amines) is 1. The molecule has 0 aliphatic carbocycles. The molecule has 1 aromatic heterocycles. The Morgan fingerprint density at radius 2 is 1.96 bits per heavy atom. The molecule has 2 heterocycles. The highest BCUT2D eigenvalue weighted by Gasteiger charge is 2.38. The smallest absolute Gasteiger partial charge is 0.271 e. The first-order valence-corrected chi connectivity index (χ1v) is 9.54. The molecule has 4 rings (SSSR count). The minimum atomic E-state index is -0.241. The van der Waals surface area contributed by atoms with Crippen molar-refractivity contribution in [1.82, 2.24) is 15.1 Å². The van der Waals surface area contributed by atoms with Crippen LogP contribution in [-0.2, 0) is 5.41 Å². The molecule has 1 fully saturated rings. The lowest BCUT2D eigenvalue weighted by molar-refractivity contribution is 0.0779. The molecule has 2 aromatic carbocycles. The van der Waals surface area contributed by atoms with Gasteiger partial charge in [-0.2, -0.15) is 5.10 Å². The van der Waals surface area contributed by atoms with Crippen LogP contribution in [0.15, 0.2) is 48.5 Å². The van der Waals surface area contributed by atoms with Crippen molar-refractivity contribution in [2.24, 2.45) is 0 Å². The zero-order chi connectivity index (χ0) is 19.9. The van der Waals surface area contributed by atoms with E-state index in [0.29, 0.717) is 18.8 Å². The van der Waals surface area contributed by atoms with Crippen LogP contribution in [0, 0.1) is 19.7 Å². The van der Waals surface area contributed by atoms with Gasteiger partial charge in [0, 0.05) is 24.1 Å². The Balaban J connectivity index is 1.53. The van der Waals surface area contributed by atoms with E-state index in [1.54, 1.807) is 12.1 Å². The number of benzene rings is 2. The topological polar surface area (TPSA) is 49.0 Å². The van der Waals surface area contributed by atoms with E-state index in [2.05, 4.69) is 43.1 Å². The largest absolute Gasteiger partial charge is 0.336 e. The van der Waals surface area contributed by atoms with Gasteiger partial charge in [-0.3, -0.25) is 9.89 Å². The van der Waals surface area contributed by atoms with Gasteiger partial charge in [0.2, 0.25) is 0 Å². The highest BCUT2D eigenvalue weighted by Crippen LogP contribution is 2.35. The van der Waals surface area contributed by atoms with E-state index in [4.69, 9.17) is 0 Å². The van der Waals surface area contributed by atoms with Gasteiger partial charge < -0.3 is 4.90 Å². The maximum Gasteiger partial charge on any atom is 0.271 e. The van der Waals surface area contributed by atoms with Crippen molar-refractivity contribution in [2.45, 2.75) is 32.6 Å². The molecule has 4 nitrogen and oxygen atoms in total. The molecule has 1 saturated heterocycles. The Morgan fingerprint density at radius 1 is 1.14 bits per heavy atom. The van der Waals surface area contributed by atoms with E-state index in [-0.39, 0.29) is 17.1 Å². The van der Waals surface area contributed by atoms with Gasteiger partial charge in [0.1, 0.15) is 11.5 Å². The summed E-state index contributed by atoms with van der Waals surface area (Å²) >= 11 is 0. The van der Waals surface area contributed by atoms with Crippen molar-refractivity contribution >= 4 is 5.91 Å². The van der Waals surface area contributed by atoms with Crippen LogP contribution in [0.5, 0.6) is 0 Å². The Labute approximate surface area is 164 Å². The quantitative estimate of drug-likeness (QED) is 0.723. The first-order chi connectivity index (χ1) is 13.4. The average molecular weight is 377 g/mol. The maximum atomic E-state index is 13.6. The highest BCUT2D eigenvalue weighted by atomic mass is 19.1. The molecule has 0 bridgehead atoms. The number of amides is 1. The van der Waals surface area contributed by atoms with Crippen LogP contribution in [0.4, 0.5) is 4.39 Å². The number of aromatic nitrogens is 2. The van der Waals surface area contributed by atoms with Crippen LogP contribution in [0.3, 0.4) is 0 Å². The first kappa shape index (κ1) is 18.4. The van der Waals surface area contributed by atoms with Gasteiger partial charge in [0.15, 0.2) is 0 Å². The summed E-state index contributed by atoms with van der Waals surface area (Å²) in [6.07, 6.45) is 0.806. The molecule has 0 radical (unpaired) electrons. The molecule has 1 amide bonds. The molecule has 5 heteroatoms. The summed E-state index contributed by atoms with van der Waals surface area (Å²) in [4.78, 5) is 14.8. The van der Waals surface area contributed by atoms with E-state index < -0.39 is 0 Å². The van der Waals surface area contributed by atoms with E-state index >= 15 is 0 Å². The van der Waals surface area contributed by atoms with E-state index in [1.165, 1.54) is 17.2 Å². The fourth-order valence-electron chi connectivity index (χ4n) is 3.88. The number of rotatable bonds is 3. The van der Waals surface area contributed by atoms with Gasteiger partial charge in [-0.15, -0.1) is 0 Å². The molecule has 28 heavy (non-hydrogen) atoms. The second kappa shape index (κ2) is 6.89. The van der Waals surface area contributed by atoms with E-state index in [1.807, 2.05) is 23.1 Å². The SMILES string of the molecule is Cc1ccc(-c2cc(C(=O)N3CCC(C)(c4cccc(F)c4)C3)[nH]n2)cc1C. The number of carbonyl (C=O) groups excluding carboxylic acids is 1. The highest BCUT2D eigenvalue weighted by molar-refractivity contribution is 5.93. The van der Waals surface area contributed by atoms with Crippen LogP contribution < -0.4 is 0 Å². The number of hydrogen-bond acceptors (Lipinski definition) is 2. The standard InChI is InChI=1S/C23H24FN3O/c1-15-7-8-17(11-16(15)2)20-13-21(26-25-20)22(28)27-10-9-23(3,14-27)18-5-4-6-19(24)12-18/h4-8,11-13H,9-10,14H2,1-3H3,(H,25,26). The van der Waals surface area contributed by atoms with Crippen molar-refractivity contribution in [2.75, 3.05) is 13.1 Å². The number of carbonyl (C=O) groups is 1. The molecular weight excluding hydrogens is 353 g/mol. The van der Waals surface area contributed by atoms with Crippen molar-refractivity contribution < 1.29 is 9.18 Å². The molecule has 1 aliphatic rings. The molecule has 1 unspecified atom stereocenters. The van der Waals surface area contributed by atoms with Crippen LogP contribution in [-0.4, -0.2) is 34.1 Å². The van der Waals surface area contributed by atoms with Crippen LogP contribution in [0.1, 0.15) is 40.5 Å². The molecular formula is C23H24FN3O. The summed E-state index contributed by atoms with van der Waals surface area (Å²) in [5, 5.41) is 7.22. The summed E-state index contributed by atoms with van der Waals surface area (Å²) in [5.41, 5.74) is 5.35.